The number of carbonyl (C=O) groups excluding carboxylic acids is 1. The van der Waals surface area contributed by atoms with Gasteiger partial charge in [0.05, 0.1) is 34.1 Å². The quantitative estimate of drug-likeness (QED) is 0.193. The molecule has 4 heterocycles. The smallest absolute Gasteiger partial charge is 0.314 e. The molecular formula is C40H29BrClN5O2S. The van der Waals surface area contributed by atoms with Crippen LogP contribution >= 0.6 is 39.3 Å². The van der Waals surface area contributed by atoms with Gasteiger partial charge in [0.15, 0.2) is 0 Å². The topological polar surface area (TPSA) is 69.5 Å². The van der Waals surface area contributed by atoms with E-state index in [2.05, 4.69) is 105 Å². The molecule has 0 aliphatic carbocycles. The van der Waals surface area contributed by atoms with E-state index in [0.29, 0.717) is 22.1 Å². The largest absolute Gasteiger partial charge is 0.444 e. The lowest BCUT2D eigenvalue weighted by Gasteiger charge is -2.45. The van der Waals surface area contributed by atoms with Crippen molar-refractivity contribution in [1.29, 1.82) is 0 Å². The Hall–Kier alpha value is -4.83. The molecule has 1 amide bonds. The van der Waals surface area contributed by atoms with Crippen molar-refractivity contribution in [1.82, 2.24) is 10.3 Å². The highest BCUT2D eigenvalue weighted by atomic mass is 79.9. The van der Waals surface area contributed by atoms with Crippen molar-refractivity contribution in [2.45, 2.75) is 30.8 Å². The number of hydrogen-bond donors (Lipinski definition) is 1. The van der Waals surface area contributed by atoms with Gasteiger partial charge in [-0.25, -0.2) is 5.01 Å². The fraction of sp³-hybridized carbons (Fsp3) is 0.125. The van der Waals surface area contributed by atoms with E-state index in [9.17, 15) is 4.79 Å². The van der Waals surface area contributed by atoms with Crippen LogP contribution in [0.25, 0.3) is 6.08 Å². The summed E-state index contributed by atoms with van der Waals surface area (Å²) in [6, 6.07) is 42.8. The van der Waals surface area contributed by atoms with Crippen molar-refractivity contribution in [3.63, 3.8) is 0 Å². The molecule has 3 atom stereocenters. The van der Waals surface area contributed by atoms with Gasteiger partial charge in [-0.05, 0) is 82.6 Å². The molecule has 1 spiro atoms. The van der Waals surface area contributed by atoms with Crippen molar-refractivity contribution < 1.29 is 9.53 Å². The molecule has 5 aromatic carbocycles. The molecule has 0 aromatic heterocycles. The van der Waals surface area contributed by atoms with Crippen LogP contribution in [0.5, 0.6) is 5.75 Å². The number of hydrogen-bond acceptors (Lipinski definition) is 7. The number of ether oxygens (including phenoxy) is 1. The molecule has 10 heteroatoms. The number of anilines is 1. The molecule has 246 valence electrons. The Morgan fingerprint density at radius 3 is 2.26 bits per heavy atom. The highest BCUT2D eigenvalue weighted by Gasteiger charge is 2.58. The van der Waals surface area contributed by atoms with E-state index in [1.165, 1.54) is 5.56 Å². The summed E-state index contributed by atoms with van der Waals surface area (Å²) in [5, 5.41) is 17.9. The van der Waals surface area contributed by atoms with Crippen LogP contribution in [0.1, 0.15) is 52.7 Å². The highest BCUT2D eigenvalue weighted by Crippen LogP contribution is 2.53. The minimum atomic E-state index is -1.30. The molecule has 50 heavy (non-hydrogen) atoms. The number of rotatable bonds is 5. The Labute approximate surface area is 307 Å². The number of fused-ring (bicyclic) bond motifs is 4. The van der Waals surface area contributed by atoms with Gasteiger partial charge in [-0.2, -0.15) is 10.2 Å². The summed E-state index contributed by atoms with van der Waals surface area (Å²) in [6.45, 7) is 0. The highest BCUT2D eigenvalue weighted by molar-refractivity contribution is 9.10. The number of benzene rings is 5. The molecule has 7 nitrogen and oxygen atoms in total. The van der Waals surface area contributed by atoms with Crippen LogP contribution in [-0.2, 0) is 0 Å². The predicted molar refractivity (Wildman–Crippen MR) is 204 cm³/mol. The molecule has 1 fully saturated rings. The Bertz CT molecular complexity index is 2210. The first-order valence-electron chi connectivity index (χ1n) is 16.3. The standard InChI is InChI=1S/C40H29BrClN5O2S/c41-29-15-20-37-32(22-29)36-24-34(27-13-16-30(42)17-14-27)45-47(36)40(49-37)38(50-39(48)43-40)21-25-11-18-31(19-12-25)46-35(28-9-5-2-6-10-28)23-33(44-46)26-7-3-1-4-8-26/h1-22,35-36H,23-24H2,(H,43,48). The Balaban J connectivity index is 1.08. The zero-order valence-corrected chi connectivity index (χ0v) is 29.7. The van der Waals surface area contributed by atoms with Gasteiger partial charge in [-0.3, -0.25) is 15.1 Å². The van der Waals surface area contributed by atoms with E-state index in [1.54, 1.807) is 0 Å². The third-order valence-electron chi connectivity index (χ3n) is 9.46. The summed E-state index contributed by atoms with van der Waals surface area (Å²) in [4.78, 5) is 13.9. The van der Waals surface area contributed by atoms with Crippen LogP contribution in [0.4, 0.5) is 10.5 Å². The fourth-order valence-electron chi connectivity index (χ4n) is 7.07. The summed E-state index contributed by atoms with van der Waals surface area (Å²) in [7, 11) is 0. The number of carbonyl (C=O) groups is 1. The lowest BCUT2D eigenvalue weighted by atomic mass is 9.95. The Morgan fingerprint density at radius 1 is 0.820 bits per heavy atom. The minimum absolute atomic E-state index is 0.0710. The van der Waals surface area contributed by atoms with E-state index in [1.807, 2.05) is 59.6 Å². The molecule has 9 rings (SSSR count). The maximum absolute atomic E-state index is 13.2. The molecular weight excluding hydrogens is 730 g/mol. The van der Waals surface area contributed by atoms with Crippen molar-refractivity contribution in [3.8, 4) is 5.75 Å². The Morgan fingerprint density at radius 2 is 1.50 bits per heavy atom. The molecule has 3 unspecified atom stereocenters. The van der Waals surface area contributed by atoms with E-state index in [0.717, 1.165) is 62.0 Å². The molecule has 4 aliphatic heterocycles. The van der Waals surface area contributed by atoms with Crippen LogP contribution in [0, 0.1) is 0 Å². The normalized spacial score (nSPS) is 23.0. The lowest BCUT2D eigenvalue weighted by molar-refractivity contribution is -0.0949. The maximum Gasteiger partial charge on any atom is 0.314 e. The molecule has 0 radical (unpaired) electrons. The van der Waals surface area contributed by atoms with Gasteiger partial charge in [0.1, 0.15) is 5.75 Å². The molecule has 1 N–H and O–H groups in total. The van der Waals surface area contributed by atoms with Gasteiger partial charge in [0.25, 0.3) is 5.24 Å². The summed E-state index contributed by atoms with van der Waals surface area (Å²) in [5.41, 5.74) is 8.18. The molecule has 1 saturated heterocycles. The molecule has 4 aliphatic rings. The predicted octanol–water partition coefficient (Wildman–Crippen LogP) is 10.2. The monoisotopic (exact) mass is 757 g/mol. The second kappa shape index (κ2) is 12.5. The lowest BCUT2D eigenvalue weighted by Crippen LogP contribution is -2.61. The van der Waals surface area contributed by atoms with Gasteiger partial charge in [0, 0.05) is 27.9 Å². The molecule has 0 bridgehead atoms. The minimum Gasteiger partial charge on any atom is -0.444 e. The Kier molecular flexibility index (Phi) is 7.79. The van der Waals surface area contributed by atoms with Gasteiger partial charge in [0.2, 0.25) is 0 Å². The molecule has 5 aromatic rings. The number of halogens is 2. The zero-order valence-electron chi connectivity index (χ0n) is 26.5. The van der Waals surface area contributed by atoms with E-state index in [-0.39, 0.29) is 17.3 Å². The second-order valence-corrected chi connectivity index (χ2v) is 14.9. The van der Waals surface area contributed by atoms with Crippen molar-refractivity contribution in [2.24, 2.45) is 10.2 Å². The van der Waals surface area contributed by atoms with Crippen LogP contribution in [-0.4, -0.2) is 27.5 Å². The molecule has 0 saturated carbocycles. The average Bonchev–Trinajstić information content (AvgIpc) is 3.87. The average molecular weight is 759 g/mol. The van der Waals surface area contributed by atoms with Crippen molar-refractivity contribution in [2.75, 3.05) is 5.01 Å². The van der Waals surface area contributed by atoms with Gasteiger partial charge in [-0.1, -0.05) is 112 Å². The third kappa shape index (κ3) is 5.50. The first-order valence-corrected chi connectivity index (χ1v) is 18.3. The first-order chi connectivity index (χ1) is 24.4. The SMILES string of the molecule is O=C1NC2(Oc3ccc(Br)cc3C3CC(c4ccc(Cl)cc4)=NN32)C(=Cc2ccc(N3N=C(c4ccccc4)CC3c3ccccc3)cc2)S1. The summed E-state index contributed by atoms with van der Waals surface area (Å²) < 4.78 is 7.71. The first kappa shape index (κ1) is 31.2. The van der Waals surface area contributed by atoms with Gasteiger partial charge in [-0.15, -0.1) is 0 Å². The summed E-state index contributed by atoms with van der Waals surface area (Å²) in [5.74, 6) is -0.596. The summed E-state index contributed by atoms with van der Waals surface area (Å²) >= 11 is 11.0. The number of amides is 1. The maximum atomic E-state index is 13.2. The van der Waals surface area contributed by atoms with Gasteiger partial charge >= 0.3 is 5.85 Å². The summed E-state index contributed by atoms with van der Waals surface area (Å²) in [6.07, 6.45) is 3.46. The number of nitrogens with one attached hydrogen (secondary N) is 1. The zero-order chi connectivity index (χ0) is 33.8. The van der Waals surface area contributed by atoms with E-state index < -0.39 is 5.85 Å². The van der Waals surface area contributed by atoms with E-state index >= 15 is 0 Å². The fourth-order valence-corrected chi connectivity index (χ4v) is 8.48. The second-order valence-electron chi connectivity index (χ2n) is 12.5. The number of nitrogens with zero attached hydrogens (tertiary/aromatic N) is 4. The van der Waals surface area contributed by atoms with Gasteiger partial charge < -0.3 is 4.74 Å². The van der Waals surface area contributed by atoms with Crippen molar-refractivity contribution >= 4 is 67.7 Å². The van der Waals surface area contributed by atoms with Crippen LogP contribution in [0.2, 0.25) is 5.02 Å². The van der Waals surface area contributed by atoms with Crippen LogP contribution in [0.3, 0.4) is 0 Å². The number of hydrazone groups is 2. The van der Waals surface area contributed by atoms with Crippen LogP contribution in [0.15, 0.2) is 147 Å². The number of thioether (sulfide) groups is 1. The van der Waals surface area contributed by atoms with Crippen LogP contribution < -0.4 is 15.1 Å². The van der Waals surface area contributed by atoms with Crippen molar-refractivity contribution in [3.05, 3.63) is 170 Å². The third-order valence-corrected chi connectivity index (χ3v) is 11.1. The van der Waals surface area contributed by atoms with E-state index in [4.69, 9.17) is 26.5 Å².